The Kier molecular flexibility index (Phi) is 4.94. The van der Waals surface area contributed by atoms with Crippen LogP contribution in [0.3, 0.4) is 0 Å². The predicted molar refractivity (Wildman–Crippen MR) is 105 cm³/mol. The minimum Gasteiger partial charge on any atom is -0.497 e. The minimum absolute atomic E-state index is 0.0462. The fourth-order valence-electron chi connectivity index (χ4n) is 3.57. The lowest BCUT2D eigenvalue weighted by Gasteiger charge is -2.25. The molecule has 9 nitrogen and oxygen atoms in total. The highest BCUT2D eigenvalue weighted by molar-refractivity contribution is 6.24. The van der Waals surface area contributed by atoms with Gasteiger partial charge in [-0.1, -0.05) is 18.2 Å². The average Bonchev–Trinajstić information content (AvgIpc) is 3.56. The number of hydrogen-bond donors (Lipinski definition) is 0. The summed E-state index contributed by atoms with van der Waals surface area (Å²) in [4.78, 5) is 51.3. The van der Waals surface area contributed by atoms with Gasteiger partial charge in [-0.2, -0.15) is 0 Å². The van der Waals surface area contributed by atoms with Crippen LogP contribution in [-0.2, 0) is 11.3 Å². The summed E-state index contributed by atoms with van der Waals surface area (Å²) in [7, 11) is 1.57. The molecule has 0 saturated heterocycles. The first kappa shape index (κ1) is 19.6. The highest BCUT2D eigenvalue weighted by Crippen LogP contribution is 2.32. The van der Waals surface area contributed by atoms with Crippen molar-refractivity contribution in [2.24, 2.45) is 0 Å². The maximum absolute atomic E-state index is 13.0. The van der Waals surface area contributed by atoms with Crippen LogP contribution in [0, 0.1) is 10.1 Å². The third kappa shape index (κ3) is 3.49. The summed E-state index contributed by atoms with van der Waals surface area (Å²) in [5, 5.41) is 11.2. The summed E-state index contributed by atoms with van der Waals surface area (Å²) in [6, 6.07) is 11.3. The van der Waals surface area contributed by atoms with Gasteiger partial charge in [-0.3, -0.25) is 29.4 Å². The number of carbonyl (C=O) groups excluding carboxylic acids is 3. The topological polar surface area (TPSA) is 110 Å². The lowest BCUT2D eigenvalue weighted by Crippen LogP contribution is -2.43. The van der Waals surface area contributed by atoms with Crippen LogP contribution in [0.1, 0.15) is 39.1 Å². The Morgan fingerprint density at radius 2 is 1.87 bits per heavy atom. The number of hydrogen-bond acceptors (Lipinski definition) is 6. The van der Waals surface area contributed by atoms with Gasteiger partial charge in [0.05, 0.1) is 17.6 Å². The number of nitrogens with zero attached hydrogens (tertiary/aromatic N) is 3. The zero-order chi connectivity index (χ0) is 21.4. The van der Waals surface area contributed by atoms with E-state index in [0.717, 1.165) is 23.3 Å². The van der Waals surface area contributed by atoms with E-state index in [-0.39, 0.29) is 23.1 Å². The van der Waals surface area contributed by atoms with Crippen molar-refractivity contribution in [3.8, 4) is 5.75 Å². The van der Waals surface area contributed by atoms with E-state index >= 15 is 0 Å². The van der Waals surface area contributed by atoms with Crippen molar-refractivity contribution in [1.29, 1.82) is 0 Å². The molecule has 0 N–H and O–H groups in total. The van der Waals surface area contributed by atoms with E-state index in [1.165, 1.54) is 18.2 Å². The van der Waals surface area contributed by atoms with Crippen LogP contribution in [0.2, 0.25) is 0 Å². The van der Waals surface area contributed by atoms with Gasteiger partial charge in [0.1, 0.15) is 17.9 Å². The first-order valence-electron chi connectivity index (χ1n) is 9.46. The number of rotatable bonds is 7. The first-order chi connectivity index (χ1) is 14.4. The lowest BCUT2D eigenvalue weighted by molar-refractivity contribution is -0.385. The molecule has 1 heterocycles. The summed E-state index contributed by atoms with van der Waals surface area (Å²) in [6.45, 7) is -0.104. The molecule has 3 amide bonds. The first-order valence-corrected chi connectivity index (χ1v) is 9.46. The molecule has 1 aliphatic heterocycles. The number of amides is 3. The summed E-state index contributed by atoms with van der Waals surface area (Å²) in [5.41, 5.74) is 0.163. The molecule has 9 heteroatoms. The molecule has 1 saturated carbocycles. The van der Waals surface area contributed by atoms with Gasteiger partial charge in [-0.15, -0.1) is 0 Å². The number of benzene rings is 2. The average molecular weight is 409 g/mol. The molecular formula is C21H19N3O6. The second-order valence-corrected chi connectivity index (χ2v) is 7.25. The Morgan fingerprint density at radius 1 is 1.17 bits per heavy atom. The van der Waals surface area contributed by atoms with Crippen LogP contribution >= 0.6 is 0 Å². The number of methoxy groups -OCH3 is 1. The molecule has 0 bridgehead atoms. The monoisotopic (exact) mass is 409 g/mol. The zero-order valence-corrected chi connectivity index (χ0v) is 16.2. The van der Waals surface area contributed by atoms with Crippen molar-refractivity contribution in [2.75, 3.05) is 13.7 Å². The van der Waals surface area contributed by atoms with Crippen molar-refractivity contribution in [1.82, 2.24) is 9.80 Å². The Labute approximate surface area is 172 Å². The molecule has 0 aromatic heterocycles. The second kappa shape index (κ2) is 7.58. The summed E-state index contributed by atoms with van der Waals surface area (Å²) in [6.07, 6.45) is 1.71. The quantitative estimate of drug-likeness (QED) is 0.395. The summed E-state index contributed by atoms with van der Waals surface area (Å²) < 4.78 is 5.14. The third-order valence-corrected chi connectivity index (χ3v) is 5.29. The fraction of sp³-hybridized carbons (Fsp3) is 0.286. The molecule has 1 aliphatic carbocycles. The minimum atomic E-state index is -0.809. The number of fused-ring (bicyclic) bond motifs is 1. The van der Waals surface area contributed by atoms with E-state index < -0.39 is 29.0 Å². The second-order valence-electron chi connectivity index (χ2n) is 7.25. The van der Waals surface area contributed by atoms with Gasteiger partial charge in [0.25, 0.3) is 17.5 Å². The maximum atomic E-state index is 13.0. The molecule has 2 aromatic carbocycles. The van der Waals surface area contributed by atoms with Crippen LogP contribution in [0.4, 0.5) is 5.69 Å². The molecule has 2 aromatic rings. The van der Waals surface area contributed by atoms with E-state index in [9.17, 15) is 24.5 Å². The Morgan fingerprint density at radius 3 is 2.47 bits per heavy atom. The normalized spacial score (nSPS) is 15.2. The largest absolute Gasteiger partial charge is 0.497 e. The molecule has 0 spiro atoms. The number of imide groups is 1. The molecule has 0 radical (unpaired) electrons. The van der Waals surface area contributed by atoms with Crippen LogP contribution in [0.5, 0.6) is 5.75 Å². The van der Waals surface area contributed by atoms with Gasteiger partial charge in [0.15, 0.2) is 0 Å². The fourth-order valence-corrected chi connectivity index (χ4v) is 3.57. The molecular weight excluding hydrogens is 390 g/mol. The summed E-state index contributed by atoms with van der Waals surface area (Å²) in [5.74, 6) is -1.16. The summed E-state index contributed by atoms with van der Waals surface area (Å²) >= 11 is 0. The third-order valence-electron chi connectivity index (χ3n) is 5.29. The van der Waals surface area contributed by atoms with Gasteiger partial charge in [0.2, 0.25) is 5.91 Å². The lowest BCUT2D eigenvalue weighted by atomic mass is 10.1. The van der Waals surface area contributed by atoms with Crippen LogP contribution in [0.15, 0.2) is 42.5 Å². The van der Waals surface area contributed by atoms with Gasteiger partial charge in [-0.25, -0.2) is 0 Å². The molecule has 4 rings (SSSR count). The van der Waals surface area contributed by atoms with E-state index in [1.807, 2.05) is 12.1 Å². The standard InChI is InChI=1S/C21H19N3O6/c1-30-15-9-5-13(6-10-15)11-22(14-7-8-14)18(25)12-23-20(26)16-3-2-4-17(24(28)29)19(16)21(23)27/h2-6,9-10,14H,7-8,11-12H2,1H3. The highest BCUT2D eigenvalue weighted by atomic mass is 16.6. The highest BCUT2D eigenvalue weighted by Gasteiger charge is 2.43. The van der Waals surface area contributed by atoms with Crippen LogP contribution in [0.25, 0.3) is 0 Å². The molecule has 2 aliphatic rings. The van der Waals surface area contributed by atoms with Gasteiger partial charge in [-0.05, 0) is 36.6 Å². The van der Waals surface area contributed by atoms with Gasteiger partial charge < -0.3 is 9.64 Å². The molecule has 1 fully saturated rings. The van der Waals surface area contributed by atoms with Crippen LogP contribution < -0.4 is 4.74 Å². The SMILES string of the molecule is COc1ccc(CN(C(=O)CN2C(=O)c3cccc([N+](=O)[O-])c3C2=O)C2CC2)cc1. The number of nitro groups is 1. The smallest absolute Gasteiger partial charge is 0.282 e. The van der Waals surface area contributed by atoms with Crippen molar-refractivity contribution in [3.05, 3.63) is 69.3 Å². The predicted octanol–water partition coefficient (Wildman–Crippen LogP) is 2.39. The van der Waals surface area contributed by atoms with E-state index in [2.05, 4.69) is 0 Å². The van der Waals surface area contributed by atoms with Gasteiger partial charge in [0, 0.05) is 18.7 Å². The molecule has 154 valence electrons. The van der Waals surface area contributed by atoms with Crippen molar-refractivity contribution >= 4 is 23.4 Å². The Bertz CT molecular complexity index is 1050. The van der Waals surface area contributed by atoms with E-state index in [4.69, 9.17) is 4.74 Å². The van der Waals surface area contributed by atoms with Crippen LogP contribution in [-0.4, -0.2) is 52.1 Å². The van der Waals surface area contributed by atoms with Crippen molar-refractivity contribution in [2.45, 2.75) is 25.4 Å². The van der Waals surface area contributed by atoms with Crippen molar-refractivity contribution in [3.63, 3.8) is 0 Å². The molecule has 0 atom stereocenters. The number of carbonyl (C=O) groups is 3. The number of nitro benzene ring substituents is 1. The zero-order valence-electron chi connectivity index (χ0n) is 16.2. The van der Waals surface area contributed by atoms with Crippen molar-refractivity contribution < 1.29 is 24.0 Å². The van der Waals surface area contributed by atoms with Gasteiger partial charge >= 0.3 is 0 Å². The maximum Gasteiger partial charge on any atom is 0.282 e. The van der Waals surface area contributed by atoms with E-state index in [0.29, 0.717) is 12.3 Å². The molecule has 0 unspecified atom stereocenters. The number of ether oxygens (including phenoxy) is 1. The van der Waals surface area contributed by atoms with E-state index in [1.54, 1.807) is 24.1 Å². The Hall–Kier alpha value is -3.75. The molecule has 30 heavy (non-hydrogen) atoms. The Balaban J connectivity index is 1.53.